The molecule has 2 nitrogen and oxygen atoms in total. The maximum atomic E-state index is 12.4. The van der Waals surface area contributed by atoms with Crippen LogP contribution in [0.4, 0.5) is 13.2 Å². The summed E-state index contributed by atoms with van der Waals surface area (Å²) < 4.78 is 42.5. The van der Waals surface area contributed by atoms with Crippen LogP contribution in [0.1, 0.15) is 24.5 Å². The molecule has 100 valence electrons. The third-order valence-corrected chi connectivity index (χ3v) is 3.23. The van der Waals surface area contributed by atoms with Gasteiger partial charge in [-0.25, -0.2) is 0 Å². The van der Waals surface area contributed by atoms with Gasteiger partial charge in [0.2, 0.25) is 0 Å². The van der Waals surface area contributed by atoms with Crippen LogP contribution in [0.25, 0.3) is 0 Å². The maximum absolute atomic E-state index is 12.4. The lowest BCUT2D eigenvalue weighted by molar-refractivity contribution is -0.137. The predicted octanol–water partition coefficient (Wildman–Crippen LogP) is 2.97. The van der Waals surface area contributed by atoms with Gasteiger partial charge in [-0.05, 0) is 31.0 Å². The molecule has 1 N–H and O–H groups in total. The molecule has 0 aliphatic carbocycles. The summed E-state index contributed by atoms with van der Waals surface area (Å²) in [5, 5.41) is 3.30. The van der Waals surface area contributed by atoms with Crippen molar-refractivity contribution in [2.24, 2.45) is 0 Å². The summed E-state index contributed by atoms with van der Waals surface area (Å²) in [6.07, 6.45) is -3.15. The van der Waals surface area contributed by atoms with Gasteiger partial charge in [-0.2, -0.15) is 13.2 Å². The molecule has 1 fully saturated rings. The van der Waals surface area contributed by atoms with E-state index in [0.29, 0.717) is 6.54 Å². The third-order valence-electron chi connectivity index (χ3n) is 3.23. The fourth-order valence-electron chi connectivity index (χ4n) is 2.06. The van der Waals surface area contributed by atoms with Crippen molar-refractivity contribution in [1.82, 2.24) is 5.32 Å². The van der Waals surface area contributed by atoms with E-state index in [9.17, 15) is 13.2 Å². The third kappa shape index (κ3) is 3.23. The van der Waals surface area contributed by atoms with Gasteiger partial charge in [0.1, 0.15) is 0 Å². The molecule has 0 amide bonds. The Bertz CT molecular complexity index is 388. The van der Waals surface area contributed by atoms with Crippen LogP contribution in [0.15, 0.2) is 24.3 Å². The van der Waals surface area contributed by atoms with Crippen LogP contribution in [0.2, 0.25) is 0 Å². The number of ether oxygens (including phenoxy) is 1. The first-order valence-corrected chi connectivity index (χ1v) is 5.98. The number of halogens is 3. The van der Waals surface area contributed by atoms with Crippen molar-refractivity contribution in [2.45, 2.75) is 38.2 Å². The highest BCUT2D eigenvalue weighted by molar-refractivity contribution is 5.24. The number of benzene rings is 1. The summed E-state index contributed by atoms with van der Waals surface area (Å²) >= 11 is 0. The molecule has 2 rings (SSSR count). The standard InChI is InChI=1S/C13H16F3NO/c1-9-12(6-7-18-9)17-8-10-2-4-11(5-3-10)13(14,15)16/h2-5,9,12,17H,6-8H2,1H3. The fraction of sp³-hybridized carbons (Fsp3) is 0.538. The summed E-state index contributed by atoms with van der Waals surface area (Å²) in [5.41, 5.74) is 0.242. The summed E-state index contributed by atoms with van der Waals surface area (Å²) in [6, 6.07) is 5.54. The van der Waals surface area contributed by atoms with Gasteiger partial charge in [0.05, 0.1) is 11.7 Å². The van der Waals surface area contributed by atoms with E-state index in [-0.39, 0.29) is 12.1 Å². The molecule has 0 aromatic heterocycles. The first kappa shape index (κ1) is 13.4. The number of alkyl halides is 3. The van der Waals surface area contributed by atoms with E-state index < -0.39 is 11.7 Å². The molecule has 1 heterocycles. The van der Waals surface area contributed by atoms with E-state index in [1.54, 1.807) is 0 Å². The molecule has 0 spiro atoms. The molecular weight excluding hydrogens is 243 g/mol. The smallest absolute Gasteiger partial charge is 0.377 e. The molecule has 1 saturated heterocycles. The number of rotatable bonds is 3. The molecule has 0 radical (unpaired) electrons. The first-order valence-electron chi connectivity index (χ1n) is 5.98. The van der Waals surface area contributed by atoms with Gasteiger partial charge in [-0.15, -0.1) is 0 Å². The monoisotopic (exact) mass is 259 g/mol. The summed E-state index contributed by atoms with van der Waals surface area (Å²) in [7, 11) is 0. The van der Waals surface area contributed by atoms with Crippen LogP contribution in [0.5, 0.6) is 0 Å². The zero-order valence-electron chi connectivity index (χ0n) is 10.1. The van der Waals surface area contributed by atoms with Gasteiger partial charge in [0.15, 0.2) is 0 Å². The van der Waals surface area contributed by atoms with E-state index in [1.807, 2.05) is 6.92 Å². The zero-order valence-corrected chi connectivity index (χ0v) is 10.1. The topological polar surface area (TPSA) is 21.3 Å². The molecule has 0 saturated carbocycles. The minimum Gasteiger partial charge on any atom is -0.377 e. The number of nitrogens with one attached hydrogen (secondary N) is 1. The van der Waals surface area contributed by atoms with E-state index in [0.717, 1.165) is 30.7 Å². The molecule has 2 unspecified atom stereocenters. The van der Waals surface area contributed by atoms with E-state index >= 15 is 0 Å². The molecule has 18 heavy (non-hydrogen) atoms. The Hall–Kier alpha value is -1.07. The van der Waals surface area contributed by atoms with Gasteiger partial charge >= 0.3 is 6.18 Å². The second-order valence-corrected chi connectivity index (χ2v) is 4.55. The van der Waals surface area contributed by atoms with Gasteiger partial charge in [0.25, 0.3) is 0 Å². The summed E-state index contributed by atoms with van der Waals surface area (Å²) in [4.78, 5) is 0. The molecule has 2 atom stereocenters. The minimum absolute atomic E-state index is 0.166. The summed E-state index contributed by atoms with van der Waals surface area (Å²) in [5.74, 6) is 0. The van der Waals surface area contributed by atoms with Gasteiger partial charge in [-0.3, -0.25) is 0 Å². The minimum atomic E-state index is -4.26. The van der Waals surface area contributed by atoms with E-state index in [4.69, 9.17) is 4.74 Å². The Kier molecular flexibility index (Phi) is 3.92. The van der Waals surface area contributed by atoms with Crippen molar-refractivity contribution in [3.63, 3.8) is 0 Å². The average molecular weight is 259 g/mol. The molecule has 5 heteroatoms. The zero-order chi connectivity index (χ0) is 13.2. The van der Waals surface area contributed by atoms with Crippen LogP contribution in [0, 0.1) is 0 Å². The Balaban J connectivity index is 1.90. The SMILES string of the molecule is CC1OCCC1NCc1ccc(C(F)(F)F)cc1. The first-order chi connectivity index (χ1) is 8.47. The van der Waals surface area contributed by atoms with E-state index in [1.165, 1.54) is 12.1 Å². The number of hydrogen-bond acceptors (Lipinski definition) is 2. The highest BCUT2D eigenvalue weighted by Gasteiger charge is 2.30. The Morgan fingerprint density at radius 1 is 1.28 bits per heavy atom. The molecule has 1 aliphatic rings. The van der Waals surface area contributed by atoms with E-state index in [2.05, 4.69) is 5.32 Å². The van der Waals surface area contributed by atoms with Gasteiger partial charge in [0, 0.05) is 19.2 Å². The van der Waals surface area contributed by atoms with Crippen molar-refractivity contribution in [3.8, 4) is 0 Å². The Morgan fingerprint density at radius 2 is 1.94 bits per heavy atom. The van der Waals surface area contributed by atoms with Crippen molar-refractivity contribution in [2.75, 3.05) is 6.61 Å². The maximum Gasteiger partial charge on any atom is 0.416 e. The molecule has 1 aliphatic heterocycles. The Labute approximate surface area is 104 Å². The Morgan fingerprint density at radius 3 is 2.44 bits per heavy atom. The molecule has 1 aromatic rings. The number of hydrogen-bond donors (Lipinski definition) is 1. The quantitative estimate of drug-likeness (QED) is 0.901. The lowest BCUT2D eigenvalue weighted by Gasteiger charge is -2.16. The van der Waals surface area contributed by atoms with Crippen LogP contribution < -0.4 is 5.32 Å². The molecule has 1 aromatic carbocycles. The van der Waals surface area contributed by atoms with Crippen LogP contribution >= 0.6 is 0 Å². The molecular formula is C13H16F3NO. The van der Waals surface area contributed by atoms with Gasteiger partial charge < -0.3 is 10.1 Å². The van der Waals surface area contributed by atoms with Crippen LogP contribution in [-0.4, -0.2) is 18.8 Å². The van der Waals surface area contributed by atoms with Crippen molar-refractivity contribution < 1.29 is 17.9 Å². The predicted molar refractivity (Wildman–Crippen MR) is 62.1 cm³/mol. The van der Waals surface area contributed by atoms with Gasteiger partial charge in [-0.1, -0.05) is 12.1 Å². The molecule has 0 bridgehead atoms. The lowest BCUT2D eigenvalue weighted by atomic mass is 10.1. The van der Waals surface area contributed by atoms with Crippen molar-refractivity contribution >= 4 is 0 Å². The fourth-order valence-corrected chi connectivity index (χ4v) is 2.06. The lowest BCUT2D eigenvalue weighted by Crippen LogP contribution is -2.34. The average Bonchev–Trinajstić information content (AvgIpc) is 2.72. The normalized spacial score (nSPS) is 24.4. The van der Waals surface area contributed by atoms with Crippen LogP contribution in [0.3, 0.4) is 0 Å². The highest BCUT2D eigenvalue weighted by atomic mass is 19.4. The second kappa shape index (κ2) is 5.28. The highest BCUT2D eigenvalue weighted by Crippen LogP contribution is 2.29. The van der Waals surface area contributed by atoms with Crippen molar-refractivity contribution in [1.29, 1.82) is 0 Å². The summed E-state index contributed by atoms with van der Waals surface area (Å²) in [6.45, 7) is 3.31. The van der Waals surface area contributed by atoms with Crippen LogP contribution in [-0.2, 0) is 17.5 Å². The second-order valence-electron chi connectivity index (χ2n) is 4.55. The largest absolute Gasteiger partial charge is 0.416 e. The van der Waals surface area contributed by atoms with Crippen molar-refractivity contribution in [3.05, 3.63) is 35.4 Å².